The number of benzene rings is 2. The molecule has 3 rings (SSSR count). The van der Waals surface area contributed by atoms with Crippen LogP contribution in [0.4, 0.5) is 5.69 Å². The first-order chi connectivity index (χ1) is 12.5. The van der Waals surface area contributed by atoms with Crippen molar-refractivity contribution in [2.45, 2.75) is 12.8 Å². The summed E-state index contributed by atoms with van der Waals surface area (Å²) in [6.07, 6.45) is 0.287. The van der Waals surface area contributed by atoms with Gasteiger partial charge < -0.3 is 4.90 Å². The van der Waals surface area contributed by atoms with Crippen molar-refractivity contribution in [3.05, 3.63) is 64.6 Å². The molecule has 1 saturated heterocycles. The van der Waals surface area contributed by atoms with Gasteiger partial charge in [-0.15, -0.1) is 0 Å². The number of hydrogen-bond acceptors (Lipinski definition) is 3. The fourth-order valence-corrected chi connectivity index (χ4v) is 3.34. The van der Waals surface area contributed by atoms with E-state index in [4.69, 9.17) is 0 Å². The Bertz CT molecular complexity index is 826. The molecule has 2 aromatic carbocycles. The van der Waals surface area contributed by atoms with Gasteiger partial charge in [-0.05, 0) is 33.6 Å². The van der Waals surface area contributed by atoms with Gasteiger partial charge in [0, 0.05) is 17.4 Å². The van der Waals surface area contributed by atoms with Gasteiger partial charge >= 0.3 is 0 Å². The van der Waals surface area contributed by atoms with Crippen LogP contribution in [0.1, 0.15) is 12.0 Å². The molecule has 0 saturated carbocycles. The molecule has 6 nitrogen and oxygen atoms in total. The lowest BCUT2D eigenvalue weighted by molar-refractivity contribution is -0.131. The summed E-state index contributed by atoms with van der Waals surface area (Å²) in [5.74, 6) is -1.30. The SMILES string of the molecule is O=C(Cc1ccccc1)NNC(=O)[C@H]1CC(=O)N(c2ccccc2Br)C1. The maximum atomic E-state index is 12.3. The summed E-state index contributed by atoms with van der Waals surface area (Å²) in [7, 11) is 0. The molecule has 0 bridgehead atoms. The Labute approximate surface area is 159 Å². The van der Waals surface area contributed by atoms with Crippen LogP contribution < -0.4 is 15.8 Å². The second-order valence-electron chi connectivity index (χ2n) is 6.06. The Kier molecular flexibility index (Phi) is 5.68. The summed E-state index contributed by atoms with van der Waals surface area (Å²) >= 11 is 3.42. The van der Waals surface area contributed by atoms with E-state index in [1.54, 1.807) is 4.90 Å². The highest BCUT2D eigenvalue weighted by Crippen LogP contribution is 2.31. The van der Waals surface area contributed by atoms with Gasteiger partial charge in [0.15, 0.2) is 0 Å². The van der Waals surface area contributed by atoms with Crippen LogP contribution >= 0.6 is 15.9 Å². The number of carbonyl (C=O) groups excluding carboxylic acids is 3. The second kappa shape index (κ2) is 8.14. The van der Waals surface area contributed by atoms with Crippen molar-refractivity contribution in [1.29, 1.82) is 0 Å². The average molecular weight is 416 g/mol. The fraction of sp³-hybridized carbons (Fsp3) is 0.211. The fourth-order valence-electron chi connectivity index (χ4n) is 2.85. The van der Waals surface area contributed by atoms with Gasteiger partial charge in [-0.1, -0.05) is 42.5 Å². The van der Waals surface area contributed by atoms with E-state index in [1.165, 1.54) is 0 Å². The number of amides is 3. The third kappa shape index (κ3) is 4.29. The molecule has 1 heterocycles. The van der Waals surface area contributed by atoms with Crippen molar-refractivity contribution in [3.63, 3.8) is 0 Å². The topological polar surface area (TPSA) is 78.5 Å². The zero-order chi connectivity index (χ0) is 18.5. The normalized spacial score (nSPS) is 16.4. The average Bonchev–Trinajstić information content (AvgIpc) is 3.02. The first kappa shape index (κ1) is 18.1. The number of nitrogens with one attached hydrogen (secondary N) is 2. The van der Waals surface area contributed by atoms with Gasteiger partial charge in [0.05, 0.1) is 18.0 Å². The molecule has 1 fully saturated rings. The minimum Gasteiger partial charge on any atom is -0.310 e. The van der Waals surface area contributed by atoms with Crippen LogP contribution in [0.15, 0.2) is 59.1 Å². The predicted octanol–water partition coefficient (Wildman–Crippen LogP) is 2.19. The molecule has 7 heteroatoms. The first-order valence-corrected chi connectivity index (χ1v) is 9.01. The number of para-hydroxylation sites is 1. The summed E-state index contributed by atoms with van der Waals surface area (Å²) in [5, 5.41) is 0. The summed E-state index contributed by atoms with van der Waals surface area (Å²) in [6, 6.07) is 16.6. The van der Waals surface area contributed by atoms with Crippen molar-refractivity contribution in [1.82, 2.24) is 10.9 Å². The monoisotopic (exact) mass is 415 g/mol. The van der Waals surface area contributed by atoms with Gasteiger partial charge in [-0.2, -0.15) is 0 Å². The molecule has 2 aromatic rings. The molecular formula is C19H18BrN3O3. The van der Waals surface area contributed by atoms with Crippen LogP contribution in [-0.2, 0) is 20.8 Å². The Morgan fingerprint density at radius 2 is 1.73 bits per heavy atom. The number of rotatable bonds is 4. The lowest BCUT2D eigenvalue weighted by atomic mass is 10.1. The van der Waals surface area contributed by atoms with Gasteiger partial charge in [-0.25, -0.2) is 0 Å². The van der Waals surface area contributed by atoms with E-state index in [2.05, 4.69) is 26.8 Å². The Morgan fingerprint density at radius 1 is 1.04 bits per heavy atom. The summed E-state index contributed by atoms with van der Waals surface area (Å²) in [6.45, 7) is 0.280. The van der Waals surface area contributed by atoms with E-state index in [-0.39, 0.29) is 37.1 Å². The number of halogens is 1. The Morgan fingerprint density at radius 3 is 2.46 bits per heavy atom. The van der Waals surface area contributed by atoms with Crippen LogP contribution in [0.5, 0.6) is 0 Å². The lowest BCUT2D eigenvalue weighted by Gasteiger charge is -2.18. The van der Waals surface area contributed by atoms with Crippen molar-refractivity contribution in [2.75, 3.05) is 11.4 Å². The Hall–Kier alpha value is -2.67. The van der Waals surface area contributed by atoms with E-state index in [9.17, 15) is 14.4 Å². The molecule has 0 radical (unpaired) electrons. The smallest absolute Gasteiger partial charge is 0.243 e. The quantitative estimate of drug-likeness (QED) is 0.751. The molecule has 0 unspecified atom stereocenters. The third-order valence-electron chi connectivity index (χ3n) is 4.17. The maximum Gasteiger partial charge on any atom is 0.243 e. The van der Waals surface area contributed by atoms with E-state index in [0.29, 0.717) is 0 Å². The van der Waals surface area contributed by atoms with Crippen LogP contribution in [0.3, 0.4) is 0 Å². The molecule has 0 aliphatic carbocycles. The summed E-state index contributed by atoms with van der Waals surface area (Å²) in [5.41, 5.74) is 6.43. The number of carbonyl (C=O) groups is 3. The summed E-state index contributed by atoms with van der Waals surface area (Å²) in [4.78, 5) is 38.1. The van der Waals surface area contributed by atoms with Gasteiger partial charge in [0.2, 0.25) is 17.7 Å². The maximum absolute atomic E-state index is 12.3. The second-order valence-corrected chi connectivity index (χ2v) is 6.91. The van der Waals surface area contributed by atoms with Crippen LogP contribution in [-0.4, -0.2) is 24.3 Å². The van der Waals surface area contributed by atoms with Gasteiger partial charge in [0.1, 0.15) is 0 Å². The molecule has 0 spiro atoms. The third-order valence-corrected chi connectivity index (χ3v) is 4.84. The molecule has 26 heavy (non-hydrogen) atoms. The minimum atomic E-state index is -0.508. The molecule has 3 amide bonds. The lowest BCUT2D eigenvalue weighted by Crippen LogP contribution is -2.45. The van der Waals surface area contributed by atoms with Gasteiger partial charge in [0.25, 0.3) is 0 Å². The first-order valence-electron chi connectivity index (χ1n) is 8.22. The minimum absolute atomic E-state index is 0.113. The van der Waals surface area contributed by atoms with Gasteiger partial charge in [-0.3, -0.25) is 25.2 Å². The van der Waals surface area contributed by atoms with E-state index in [0.717, 1.165) is 15.7 Å². The van der Waals surface area contributed by atoms with E-state index < -0.39 is 5.92 Å². The zero-order valence-electron chi connectivity index (χ0n) is 13.9. The standard InChI is InChI=1S/C19H18BrN3O3/c20-15-8-4-5-9-16(15)23-12-14(11-18(23)25)19(26)22-21-17(24)10-13-6-2-1-3-7-13/h1-9,14H,10-12H2,(H,21,24)(H,22,26)/t14-/m0/s1. The highest BCUT2D eigenvalue weighted by molar-refractivity contribution is 9.10. The van der Waals surface area contributed by atoms with Crippen LogP contribution in [0.2, 0.25) is 0 Å². The number of anilines is 1. The molecule has 1 atom stereocenters. The summed E-state index contributed by atoms with van der Waals surface area (Å²) < 4.78 is 0.797. The molecule has 1 aliphatic rings. The number of hydrazine groups is 1. The van der Waals surface area contributed by atoms with Crippen molar-refractivity contribution in [2.24, 2.45) is 5.92 Å². The number of hydrogen-bond donors (Lipinski definition) is 2. The van der Waals surface area contributed by atoms with E-state index in [1.807, 2.05) is 54.6 Å². The van der Waals surface area contributed by atoms with Crippen molar-refractivity contribution < 1.29 is 14.4 Å². The molecular weight excluding hydrogens is 398 g/mol. The number of nitrogens with zero attached hydrogens (tertiary/aromatic N) is 1. The molecule has 134 valence electrons. The molecule has 2 N–H and O–H groups in total. The van der Waals surface area contributed by atoms with Crippen molar-refractivity contribution in [3.8, 4) is 0 Å². The highest BCUT2D eigenvalue weighted by atomic mass is 79.9. The zero-order valence-corrected chi connectivity index (χ0v) is 15.5. The van der Waals surface area contributed by atoms with Crippen molar-refractivity contribution >= 4 is 39.3 Å². The largest absolute Gasteiger partial charge is 0.310 e. The van der Waals surface area contributed by atoms with E-state index >= 15 is 0 Å². The molecule has 0 aromatic heterocycles. The molecule has 1 aliphatic heterocycles. The Balaban J connectivity index is 1.53. The predicted molar refractivity (Wildman–Crippen MR) is 101 cm³/mol. The van der Waals surface area contributed by atoms with Crippen LogP contribution in [0.25, 0.3) is 0 Å². The highest BCUT2D eigenvalue weighted by Gasteiger charge is 2.35. The van der Waals surface area contributed by atoms with Crippen LogP contribution in [0, 0.1) is 5.92 Å².